The summed E-state index contributed by atoms with van der Waals surface area (Å²) in [6.07, 6.45) is -4.56. The van der Waals surface area contributed by atoms with Crippen molar-refractivity contribution in [3.05, 3.63) is 58.6 Å². The summed E-state index contributed by atoms with van der Waals surface area (Å²) in [5.41, 5.74) is 0.316. The summed E-state index contributed by atoms with van der Waals surface area (Å²) in [6.45, 7) is 2.78. The molecule has 26 heavy (non-hydrogen) atoms. The molecule has 0 unspecified atom stereocenters. The highest BCUT2D eigenvalue weighted by molar-refractivity contribution is 6.33. The lowest BCUT2D eigenvalue weighted by atomic mass is 10.2. The minimum absolute atomic E-state index is 0.0312. The normalized spacial score (nSPS) is 11.2. The Morgan fingerprint density at radius 2 is 1.85 bits per heavy atom. The van der Waals surface area contributed by atoms with Crippen LogP contribution in [0.25, 0.3) is 0 Å². The van der Waals surface area contributed by atoms with E-state index in [1.807, 2.05) is 13.0 Å². The first kappa shape index (κ1) is 19.8. The van der Waals surface area contributed by atoms with Gasteiger partial charge in [0, 0.05) is 12.6 Å². The van der Waals surface area contributed by atoms with E-state index in [2.05, 4.69) is 5.32 Å². The number of nitrogens with zero attached hydrogens (tertiary/aromatic N) is 1. The third kappa shape index (κ3) is 4.98. The number of alkyl halides is 3. The average Bonchev–Trinajstić information content (AvgIpc) is 2.53. The van der Waals surface area contributed by atoms with Crippen molar-refractivity contribution in [2.45, 2.75) is 20.0 Å². The van der Waals surface area contributed by atoms with Gasteiger partial charge in [-0.15, -0.1) is 0 Å². The van der Waals surface area contributed by atoms with E-state index >= 15 is 0 Å². The molecule has 0 aromatic heterocycles. The molecule has 0 radical (unpaired) electrons. The van der Waals surface area contributed by atoms with E-state index in [0.717, 1.165) is 23.8 Å². The van der Waals surface area contributed by atoms with Crippen LogP contribution in [-0.2, 0) is 15.8 Å². The highest BCUT2D eigenvalue weighted by Gasteiger charge is 2.31. The number of amides is 2. The highest BCUT2D eigenvalue weighted by atomic mass is 35.5. The largest absolute Gasteiger partial charge is 0.416 e. The molecular weight excluding hydrogens is 369 g/mol. The summed E-state index contributed by atoms with van der Waals surface area (Å²) < 4.78 is 38.4. The van der Waals surface area contributed by atoms with Gasteiger partial charge in [0.15, 0.2) is 0 Å². The number of carbonyl (C=O) groups is 2. The van der Waals surface area contributed by atoms with Crippen LogP contribution in [0.1, 0.15) is 18.1 Å². The van der Waals surface area contributed by atoms with Gasteiger partial charge in [-0.3, -0.25) is 9.59 Å². The molecular formula is C18H16ClF3N2O2. The van der Waals surface area contributed by atoms with Crippen LogP contribution < -0.4 is 10.2 Å². The highest BCUT2D eigenvalue weighted by Crippen LogP contribution is 2.33. The van der Waals surface area contributed by atoms with Crippen LogP contribution in [0.3, 0.4) is 0 Å². The lowest BCUT2D eigenvalue weighted by Crippen LogP contribution is -2.36. The molecule has 2 aromatic rings. The number of aryl methyl sites for hydroxylation is 1. The summed E-state index contributed by atoms with van der Waals surface area (Å²) >= 11 is 5.86. The maximum atomic E-state index is 12.8. The second kappa shape index (κ2) is 7.78. The van der Waals surface area contributed by atoms with Gasteiger partial charge < -0.3 is 10.2 Å². The molecule has 138 valence electrons. The second-order valence-corrected chi connectivity index (χ2v) is 6.09. The fraction of sp³-hybridized carbons (Fsp3) is 0.222. The first-order chi connectivity index (χ1) is 12.1. The SMILES string of the molecule is CC(=O)N(CC(=O)Nc1cc(C(F)(F)F)ccc1Cl)c1cccc(C)c1. The number of carbonyl (C=O) groups excluding carboxylic acids is 2. The summed E-state index contributed by atoms with van der Waals surface area (Å²) in [6, 6.07) is 9.61. The van der Waals surface area contributed by atoms with Gasteiger partial charge in [0.2, 0.25) is 11.8 Å². The van der Waals surface area contributed by atoms with Gasteiger partial charge in [0.1, 0.15) is 6.54 Å². The van der Waals surface area contributed by atoms with Gasteiger partial charge in [-0.1, -0.05) is 23.7 Å². The van der Waals surface area contributed by atoms with Gasteiger partial charge >= 0.3 is 6.18 Å². The van der Waals surface area contributed by atoms with Crippen molar-refractivity contribution in [2.75, 3.05) is 16.8 Å². The maximum Gasteiger partial charge on any atom is 0.416 e. The first-order valence-electron chi connectivity index (χ1n) is 7.59. The van der Waals surface area contributed by atoms with Crippen molar-refractivity contribution in [3.63, 3.8) is 0 Å². The van der Waals surface area contributed by atoms with Crippen molar-refractivity contribution in [1.82, 2.24) is 0 Å². The zero-order chi connectivity index (χ0) is 19.5. The number of hydrogen-bond donors (Lipinski definition) is 1. The van der Waals surface area contributed by atoms with Crippen molar-refractivity contribution in [3.8, 4) is 0 Å². The zero-order valence-electron chi connectivity index (χ0n) is 14.0. The number of rotatable bonds is 4. The fourth-order valence-electron chi connectivity index (χ4n) is 2.31. The predicted octanol–water partition coefficient (Wildman–Crippen LogP) is 4.66. The van der Waals surface area contributed by atoms with E-state index in [9.17, 15) is 22.8 Å². The predicted molar refractivity (Wildman–Crippen MR) is 94.3 cm³/mol. The molecule has 4 nitrogen and oxygen atoms in total. The molecule has 2 rings (SSSR count). The van der Waals surface area contributed by atoms with E-state index < -0.39 is 17.6 Å². The number of hydrogen-bond acceptors (Lipinski definition) is 2. The maximum absolute atomic E-state index is 12.8. The molecule has 0 fully saturated rings. The van der Waals surface area contributed by atoms with Crippen LogP contribution in [-0.4, -0.2) is 18.4 Å². The Morgan fingerprint density at radius 1 is 1.15 bits per heavy atom. The Balaban J connectivity index is 2.20. The molecule has 0 heterocycles. The molecule has 0 saturated heterocycles. The van der Waals surface area contributed by atoms with E-state index in [4.69, 9.17) is 11.6 Å². The monoisotopic (exact) mass is 384 g/mol. The van der Waals surface area contributed by atoms with Gasteiger partial charge in [0.25, 0.3) is 0 Å². The number of anilines is 2. The quantitative estimate of drug-likeness (QED) is 0.833. The third-order valence-electron chi connectivity index (χ3n) is 3.56. The van der Waals surface area contributed by atoms with Crippen molar-refractivity contribution >= 4 is 34.8 Å². The van der Waals surface area contributed by atoms with Crippen LogP contribution in [0.2, 0.25) is 5.02 Å². The summed E-state index contributed by atoms with van der Waals surface area (Å²) in [5, 5.41) is 2.30. The third-order valence-corrected chi connectivity index (χ3v) is 3.89. The van der Waals surface area contributed by atoms with Gasteiger partial charge in [-0.2, -0.15) is 13.2 Å². The van der Waals surface area contributed by atoms with E-state index in [1.54, 1.807) is 18.2 Å². The Kier molecular flexibility index (Phi) is 5.92. The van der Waals surface area contributed by atoms with Crippen molar-refractivity contribution in [2.24, 2.45) is 0 Å². The van der Waals surface area contributed by atoms with Gasteiger partial charge in [-0.25, -0.2) is 0 Å². The Hall–Kier alpha value is -2.54. The van der Waals surface area contributed by atoms with Crippen molar-refractivity contribution < 1.29 is 22.8 Å². The Bertz CT molecular complexity index is 837. The van der Waals surface area contributed by atoms with Crippen molar-refractivity contribution in [1.29, 1.82) is 0 Å². The molecule has 2 aromatic carbocycles. The van der Waals surface area contributed by atoms with E-state index in [1.165, 1.54) is 11.8 Å². The average molecular weight is 385 g/mol. The summed E-state index contributed by atoms with van der Waals surface area (Å²) in [4.78, 5) is 25.3. The topological polar surface area (TPSA) is 49.4 Å². The fourth-order valence-corrected chi connectivity index (χ4v) is 2.48. The second-order valence-electron chi connectivity index (χ2n) is 5.68. The number of halogens is 4. The van der Waals surface area contributed by atoms with E-state index in [-0.39, 0.29) is 23.2 Å². The molecule has 0 aliphatic heterocycles. The van der Waals surface area contributed by atoms with Crippen LogP contribution >= 0.6 is 11.6 Å². The number of benzene rings is 2. The molecule has 0 saturated carbocycles. The summed E-state index contributed by atoms with van der Waals surface area (Å²) in [5.74, 6) is -1.04. The Labute approximate surface area is 153 Å². The molecule has 0 bridgehead atoms. The van der Waals surface area contributed by atoms with Crippen LogP contribution in [0.15, 0.2) is 42.5 Å². The first-order valence-corrected chi connectivity index (χ1v) is 7.97. The van der Waals surface area contributed by atoms with Crippen LogP contribution in [0.5, 0.6) is 0 Å². The Morgan fingerprint density at radius 3 is 2.42 bits per heavy atom. The standard InChI is InChI=1S/C18H16ClF3N2O2/c1-11-4-3-5-14(8-11)24(12(2)25)10-17(26)23-16-9-13(18(20,21)22)6-7-15(16)19/h3-9H,10H2,1-2H3,(H,23,26). The van der Waals surface area contributed by atoms with Crippen LogP contribution in [0.4, 0.5) is 24.5 Å². The molecule has 0 atom stereocenters. The van der Waals surface area contributed by atoms with Gasteiger partial charge in [0.05, 0.1) is 16.3 Å². The minimum atomic E-state index is -4.56. The van der Waals surface area contributed by atoms with Gasteiger partial charge in [-0.05, 0) is 42.8 Å². The lowest BCUT2D eigenvalue weighted by molar-refractivity contribution is -0.137. The molecule has 0 spiro atoms. The molecule has 0 aliphatic rings. The summed E-state index contributed by atoms with van der Waals surface area (Å²) in [7, 11) is 0. The molecule has 8 heteroatoms. The molecule has 1 N–H and O–H groups in total. The zero-order valence-corrected chi connectivity index (χ0v) is 14.8. The minimum Gasteiger partial charge on any atom is -0.323 e. The van der Waals surface area contributed by atoms with E-state index in [0.29, 0.717) is 5.69 Å². The van der Waals surface area contributed by atoms with Crippen LogP contribution in [0, 0.1) is 6.92 Å². The lowest BCUT2D eigenvalue weighted by Gasteiger charge is -2.21. The molecule has 2 amide bonds. The smallest absolute Gasteiger partial charge is 0.323 e. The molecule has 0 aliphatic carbocycles. The number of nitrogens with one attached hydrogen (secondary N) is 1.